The summed E-state index contributed by atoms with van der Waals surface area (Å²) in [6.07, 6.45) is -4.50. The summed E-state index contributed by atoms with van der Waals surface area (Å²) in [5.74, 6) is 0. The number of nitrogens with one attached hydrogen (secondary N) is 2. The van der Waals surface area contributed by atoms with Crippen molar-refractivity contribution in [2.45, 2.75) is 60.3 Å². The van der Waals surface area contributed by atoms with E-state index in [2.05, 4.69) is 16.7 Å². The minimum absolute atomic E-state index is 0.0149. The fraction of sp³-hybridized carbons (Fsp3) is 0.588. The number of alkyl halides is 3. The minimum atomic E-state index is -4.63. The van der Waals surface area contributed by atoms with Crippen LogP contribution in [-0.4, -0.2) is 43.1 Å². The predicted octanol–water partition coefficient (Wildman–Crippen LogP) is 1.48. The molecule has 3 atom stereocenters. The molecule has 3 rings (SSSR count). The molecular formula is C17H20F3N3O3S. The van der Waals surface area contributed by atoms with Gasteiger partial charge in [0.1, 0.15) is 11.8 Å². The number of nitrogens with zero attached hydrogens (tertiary/aromatic N) is 1. The van der Waals surface area contributed by atoms with Crippen LogP contribution in [0.1, 0.15) is 30.4 Å². The molecule has 0 aromatic heterocycles. The van der Waals surface area contributed by atoms with Crippen molar-refractivity contribution in [3.8, 4) is 6.07 Å². The largest absolute Gasteiger partial charge is 0.416 e. The summed E-state index contributed by atoms with van der Waals surface area (Å²) >= 11 is 0. The van der Waals surface area contributed by atoms with Crippen LogP contribution in [0.2, 0.25) is 0 Å². The lowest BCUT2D eigenvalue weighted by molar-refractivity contribution is -0.137. The van der Waals surface area contributed by atoms with Gasteiger partial charge in [0.2, 0.25) is 0 Å². The molecule has 1 aromatic carbocycles. The summed E-state index contributed by atoms with van der Waals surface area (Å²) in [6.45, 7) is 1.47. The van der Waals surface area contributed by atoms with Crippen LogP contribution < -0.4 is 10.6 Å². The molecule has 1 aliphatic heterocycles. The number of aliphatic hydroxyl groups excluding tert-OH is 1. The van der Waals surface area contributed by atoms with Gasteiger partial charge in [-0.25, -0.2) is 8.42 Å². The van der Waals surface area contributed by atoms with Gasteiger partial charge >= 0.3 is 6.18 Å². The van der Waals surface area contributed by atoms with E-state index in [4.69, 9.17) is 5.26 Å². The summed E-state index contributed by atoms with van der Waals surface area (Å²) in [6, 6.07) is 4.14. The zero-order valence-electron chi connectivity index (χ0n) is 14.5. The third-order valence-corrected chi connectivity index (χ3v) is 7.44. The van der Waals surface area contributed by atoms with E-state index < -0.39 is 44.6 Å². The molecule has 148 valence electrons. The maximum absolute atomic E-state index is 13.0. The van der Waals surface area contributed by atoms with Crippen LogP contribution in [0.3, 0.4) is 0 Å². The fourth-order valence-corrected chi connectivity index (χ4v) is 5.21. The Balaban J connectivity index is 1.78. The first-order chi connectivity index (χ1) is 12.5. The molecule has 3 N–H and O–H groups in total. The van der Waals surface area contributed by atoms with Crippen LogP contribution in [0.5, 0.6) is 0 Å². The van der Waals surface area contributed by atoms with E-state index in [1.54, 1.807) is 0 Å². The monoisotopic (exact) mass is 403 g/mol. The van der Waals surface area contributed by atoms with Crippen molar-refractivity contribution in [2.75, 3.05) is 6.54 Å². The van der Waals surface area contributed by atoms with E-state index in [1.807, 2.05) is 0 Å². The molecule has 1 saturated heterocycles. The van der Waals surface area contributed by atoms with Crippen LogP contribution in [0, 0.1) is 18.3 Å². The van der Waals surface area contributed by atoms with Crippen LogP contribution in [0.15, 0.2) is 23.1 Å². The van der Waals surface area contributed by atoms with Gasteiger partial charge in [-0.15, -0.1) is 0 Å². The number of nitriles is 1. The quantitative estimate of drug-likeness (QED) is 0.644. The Bertz CT molecular complexity index is 876. The Labute approximate surface area is 155 Å². The van der Waals surface area contributed by atoms with Gasteiger partial charge in [0, 0.05) is 12.6 Å². The Morgan fingerprint density at radius 2 is 2.07 bits per heavy atom. The van der Waals surface area contributed by atoms with Crippen molar-refractivity contribution < 1.29 is 26.7 Å². The lowest BCUT2D eigenvalue weighted by Crippen LogP contribution is -2.49. The number of sulfone groups is 1. The molecular weight excluding hydrogens is 383 g/mol. The van der Waals surface area contributed by atoms with Crippen molar-refractivity contribution in [3.05, 3.63) is 29.3 Å². The molecule has 1 aliphatic carbocycles. The van der Waals surface area contributed by atoms with Crippen LogP contribution >= 0.6 is 0 Å². The number of aryl methyl sites for hydroxylation is 1. The number of hydrogen-bond acceptors (Lipinski definition) is 6. The Morgan fingerprint density at radius 3 is 2.63 bits per heavy atom. The zero-order chi connectivity index (χ0) is 20.0. The van der Waals surface area contributed by atoms with E-state index in [9.17, 15) is 26.7 Å². The molecule has 6 nitrogen and oxygen atoms in total. The van der Waals surface area contributed by atoms with Gasteiger partial charge in [0.05, 0.1) is 21.8 Å². The van der Waals surface area contributed by atoms with E-state index in [0.29, 0.717) is 18.9 Å². The molecule has 1 heterocycles. The van der Waals surface area contributed by atoms with Crippen LogP contribution in [-0.2, 0) is 16.0 Å². The maximum Gasteiger partial charge on any atom is 0.416 e. The lowest BCUT2D eigenvalue weighted by atomic mass is 10.1. The summed E-state index contributed by atoms with van der Waals surface area (Å²) in [7, 11) is -4.02. The van der Waals surface area contributed by atoms with Crippen LogP contribution in [0.25, 0.3) is 0 Å². The van der Waals surface area contributed by atoms with Crippen molar-refractivity contribution >= 4 is 9.84 Å². The third kappa shape index (κ3) is 3.96. The number of aliphatic hydroxyl groups is 1. The van der Waals surface area contributed by atoms with E-state index in [1.165, 1.54) is 6.92 Å². The molecule has 1 aromatic rings. The number of hydrogen-bond donors (Lipinski definition) is 3. The van der Waals surface area contributed by atoms with E-state index in [-0.39, 0.29) is 23.4 Å². The highest BCUT2D eigenvalue weighted by atomic mass is 32.2. The van der Waals surface area contributed by atoms with Gasteiger partial charge in [0.25, 0.3) is 0 Å². The number of halogens is 3. The van der Waals surface area contributed by atoms with E-state index >= 15 is 0 Å². The topological polar surface area (TPSA) is 102 Å². The van der Waals surface area contributed by atoms with Crippen molar-refractivity contribution in [1.82, 2.24) is 10.6 Å². The molecule has 27 heavy (non-hydrogen) atoms. The highest BCUT2D eigenvalue weighted by molar-refractivity contribution is 7.92. The Hall–Kier alpha value is -1.67. The SMILES string of the molecule is Cc1ccc(C(F)(F)F)cc1S(=O)(=O)[C@H]1CN[C@H](C(O)NC2(C#N)CC2)C1. The average molecular weight is 403 g/mol. The standard InChI is InChI=1S/C17H20F3N3O3S/c1-10-2-3-11(17(18,19)20)6-14(10)27(25,26)12-7-13(22-8-12)15(24)23-16(9-21)4-5-16/h2-3,6,12-13,15,22-24H,4-5,7-8H2,1H3/t12-,13+,15?/m1/s1. The minimum Gasteiger partial charge on any atom is -0.377 e. The van der Waals surface area contributed by atoms with Crippen molar-refractivity contribution in [3.63, 3.8) is 0 Å². The molecule has 1 unspecified atom stereocenters. The summed E-state index contributed by atoms with van der Waals surface area (Å²) < 4.78 is 64.7. The molecule has 10 heteroatoms. The zero-order valence-corrected chi connectivity index (χ0v) is 15.4. The Morgan fingerprint density at radius 1 is 1.41 bits per heavy atom. The number of benzene rings is 1. The lowest BCUT2D eigenvalue weighted by Gasteiger charge is -2.22. The molecule has 0 bridgehead atoms. The van der Waals surface area contributed by atoms with Crippen molar-refractivity contribution in [2.24, 2.45) is 0 Å². The third-order valence-electron chi connectivity index (χ3n) is 5.15. The molecule has 2 aliphatic rings. The van der Waals surface area contributed by atoms with Crippen LogP contribution in [0.4, 0.5) is 13.2 Å². The second-order valence-electron chi connectivity index (χ2n) is 7.18. The average Bonchev–Trinajstić information content (AvgIpc) is 3.17. The number of rotatable bonds is 5. The summed E-state index contributed by atoms with van der Waals surface area (Å²) in [5, 5.41) is 24.1. The molecule has 0 radical (unpaired) electrons. The molecule has 2 fully saturated rings. The highest BCUT2D eigenvalue weighted by Gasteiger charge is 2.47. The first-order valence-corrected chi connectivity index (χ1v) is 10.1. The first kappa shape index (κ1) is 20.1. The van der Waals surface area contributed by atoms with Gasteiger partial charge in [-0.2, -0.15) is 18.4 Å². The smallest absolute Gasteiger partial charge is 0.377 e. The first-order valence-electron chi connectivity index (χ1n) is 8.51. The summed E-state index contributed by atoms with van der Waals surface area (Å²) in [4.78, 5) is -0.345. The van der Waals surface area contributed by atoms with Gasteiger partial charge in [0.15, 0.2) is 9.84 Å². The van der Waals surface area contributed by atoms with Gasteiger partial charge in [-0.1, -0.05) is 6.07 Å². The second-order valence-corrected chi connectivity index (χ2v) is 9.38. The van der Waals surface area contributed by atoms with E-state index in [0.717, 1.165) is 12.1 Å². The maximum atomic E-state index is 13.0. The summed E-state index contributed by atoms with van der Waals surface area (Å²) in [5.41, 5.74) is -1.54. The highest BCUT2D eigenvalue weighted by Crippen LogP contribution is 2.36. The van der Waals surface area contributed by atoms with Crippen molar-refractivity contribution in [1.29, 1.82) is 5.26 Å². The van der Waals surface area contributed by atoms with Gasteiger partial charge in [-0.05, 0) is 43.9 Å². The predicted molar refractivity (Wildman–Crippen MR) is 90.3 cm³/mol. The Kier molecular flexibility index (Phi) is 5.01. The molecule has 1 saturated carbocycles. The molecule has 0 spiro atoms. The fourth-order valence-electron chi connectivity index (χ4n) is 3.27. The molecule has 0 amide bonds. The normalized spacial score (nSPS) is 25.8. The van der Waals surface area contributed by atoms with Gasteiger partial charge in [-0.3, -0.25) is 5.32 Å². The second kappa shape index (κ2) is 6.74. The van der Waals surface area contributed by atoms with Gasteiger partial charge < -0.3 is 10.4 Å².